The van der Waals surface area contributed by atoms with E-state index in [1.165, 1.54) is 23.9 Å². The summed E-state index contributed by atoms with van der Waals surface area (Å²) in [5.74, 6) is -0.261. The molecular formula is C14H20N4O7S2. The standard InChI is InChI=1S/C14H20N4O7S2/c1-2-6-26-10-3-4-12(18(21)22)11(8-10)16-13(15)9-17(14(19)20)5-7-27(23,24)25/h3-4,8H,2,5-7,9H2,1H3,(H2,15,16)(H,19,20)(H,23,24,25). The number of thioether (sulfide) groups is 1. The van der Waals surface area contributed by atoms with Gasteiger partial charge in [-0.2, -0.15) is 8.42 Å². The van der Waals surface area contributed by atoms with Gasteiger partial charge < -0.3 is 10.8 Å². The molecule has 0 bridgehead atoms. The first kappa shape index (κ1) is 22.7. The molecular weight excluding hydrogens is 400 g/mol. The highest BCUT2D eigenvalue weighted by Gasteiger charge is 2.19. The maximum Gasteiger partial charge on any atom is 0.407 e. The normalized spacial score (nSPS) is 12.0. The lowest BCUT2D eigenvalue weighted by Gasteiger charge is -2.17. The number of benzene rings is 1. The molecule has 0 atom stereocenters. The second-order valence-electron chi connectivity index (χ2n) is 5.35. The Kier molecular flexibility index (Phi) is 8.46. The van der Waals surface area contributed by atoms with Crippen molar-refractivity contribution in [1.82, 2.24) is 4.90 Å². The molecule has 11 nitrogen and oxygen atoms in total. The largest absolute Gasteiger partial charge is 0.465 e. The Bertz CT molecular complexity index is 827. The lowest BCUT2D eigenvalue weighted by atomic mass is 10.2. The number of nitro benzene ring substituents is 1. The van der Waals surface area contributed by atoms with Gasteiger partial charge >= 0.3 is 6.09 Å². The Morgan fingerprint density at radius 3 is 2.63 bits per heavy atom. The van der Waals surface area contributed by atoms with Crippen LogP contribution < -0.4 is 5.73 Å². The molecule has 0 heterocycles. The third-order valence-electron chi connectivity index (χ3n) is 3.12. The average Bonchev–Trinajstić information content (AvgIpc) is 2.55. The van der Waals surface area contributed by atoms with Crippen molar-refractivity contribution in [2.75, 3.05) is 24.6 Å². The minimum absolute atomic E-state index is 0.0290. The van der Waals surface area contributed by atoms with Crippen LogP contribution in [0, 0.1) is 10.1 Å². The molecule has 0 aliphatic rings. The molecule has 1 aromatic rings. The third kappa shape index (κ3) is 8.23. The number of amides is 1. The summed E-state index contributed by atoms with van der Waals surface area (Å²) in [5, 5.41) is 20.3. The van der Waals surface area contributed by atoms with E-state index < -0.39 is 40.0 Å². The number of carbonyl (C=O) groups is 1. The average molecular weight is 420 g/mol. The maximum atomic E-state index is 11.2. The van der Waals surface area contributed by atoms with Crippen LogP contribution in [0.4, 0.5) is 16.2 Å². The van der Waals surface area contributed by atoms with Gasteiger partial charge in [-0.15, -0.1) is 11.8 Å². The fourth-order valence-corrected chi connectivity index (χ4v) is 3.16. The number of amidine groups is 1. The van der Waals surface area contributed by atoms with E-state index in [0.717, 1.165) is 17.1 Å². The van der Waals surface area contributed by atoms with E-state index in [0.29, 0.717) is 4.90 Å². The summed E-state index contributed by atoms with van der Waals surface area (Å²) >= 11 is 1.48. The zero-order chi connectivity index (χ0) is 20.6. The highest BCUT2D eigenvalue weighted by Crippen LogP contribution is 2.32. The summed E-state index contributed by atoms with van der Waals surface area (Å²) in [6.45, 7) is 0.982. The Balaban J connectivity index is 3.07. The first-order valence-electron chi connectivity index (χ1n) is 7.70. The molecule has 0 spiro atoms. The monoisotopic (exact) mass is 420 g/mol. The van der Waals surface area contributed by atoms with E-state index in [1.807, 2.05) is 6.92 Å². The van der Waals surface area contributed by atoms with Gasteiger partial charge in [0.25, 0.3) is 15.8 Å². The van der Waals surface area contributed by atoms with Crippen LogP contribution in [0.25, 0.3) is 0 Å². The molecule has 1 aromatic carbocycles. The van der Waals surface area contributed by atoms with Crippen LogP contribution in [-0.2, 0) is 10.1 Å². The second-order valence-corrected chi connectivity index (χ2v) is 8.09. The van der Waals surface area contributed by atoms with Crippen LogP contribution >= 0.6 is 11.8 Å². The number of hydrogen-bond acceptors (Lipinski definition) is 7. The van der Waals surface area contributed by atoms with Crippen molar-refractivity contribution in [3.05, 3.63) is 28.3 Å². The highest BCUT2D eigenvalue weighted by molar-refractivity contribution is 7.99. The van der Waals surface area contributed by atoms with Crippen molar-refractivity contribution >= 4 is 45.2 Å². The van der Waals surface area contributed by atoms with E-state index in [4.69, 9.17) is 15.4 Å². The van der Waals surface area contributed by atoms with Crippen molar-refractivity contribution < 1.29 is 27.8 Å². The minimum Gasteiger partial charge on any atom is -0.465 e. The molecule has 0 saturated carbocycles. The van der Waals surface area contributed by atoms with Crippen LogP contribution in [0.3, 0.4) is 0 Å². The molecule has 27 heavy (non-hydrogen) atoms. The topological polar surface area (TPSA) is 176 Å². The molecule has 1 rings (SSSR count). The van der Waals surface area contributed by atoms with E-state index in [2.05, 4.69) is 4.99 Å². The van der Waals surface area contributed by atoms with Gasteiger partial charge in [0.15, 0.2) is 0 Å². The zero-order valence-electron chi connectivity index (χ0n) is 14.4. The van der Waals surface area contributed by atoms with Gasteiger partial charge in [0.2, 0.25) is 0 Å². The van der Waals surface area contributed by atoms with Gasteiger partial charge in [-0.25, -0.2) is 9.79 Å². The van der Waals surface area contributed by atoms with Crippen LogP contribution in [-0.4, -0.2) is 64.4 Å². The molecule has 150 valence electrons. The smallest absolute Gasteiger partial charge is 0.407 e. The predicted molar refractivity (Wildman–Crippen MR) is 101 cm³/mol. The third-order valence-corrected chi connectivity index (χ3v) is 5.02. The van der Waals surface area contributed by atoms with Crippen LogP contribution in [0.1, 0.15) is 13.3 Å². The second kappa shape index (κ2) is 10.1. The quantitative estimate of drug-likeness (QED) is 0.127. The summed E-state index contributed by atoms with van der Waals surface area (Å²) in [6, 6.07) is 4.36. The van der Waals surface area contributed by atoms with Crippen molar-refractivity contribution in [1.29, 1.82) is 0 Å². The molecule has 4 N–H and O–H groups in total. The molecule has 0 saturated heterocycles. The highest BCUT2D eigenvalue weighted by atomic mass is 32.2. The van der Waals surface area contributed by atoms with Gasteiger partial charge in [-0.1, -0.05) is 6.92 Å². The van der Waals surface area contributed by atoms with Gasteiger partial charge in [-0.3, -0.25) is 19.6 Å². The molecule has 1 amide bonds. The Morgan fingerprint density at radius 2 is 2.11 bits per heavy atom. The summed E-state index contributed by atoms with van der Waals surface area (Å²) in [6.07, 6.45) is -0.567. The maximum absolute atomic E-state index is 11.2. The fourth-order valence-electron chi connectivity index (χ4n) is 1.91. The number of nitrogens with zero attached hydrogens (tertiary/aromatic N) is 3. The Morgan fingerprint density at radius 1 is 1.44 bits per heavy atom. The number of aliphatic imine (C=N–C) groups is 1. The van der Waals surface area contributed by atoms with Crippen LogP contribution in [0.2, 0.25) is 0 Å². The van der Waals surface area contributed by atoms with Crippen molar-refractivity contribution in [3.63, 3.8) is 0 Å². The number of hydrogen-bond donors (Lipinski definition) is 3. The van der Waals surface area contributed by atoms with Crippen LogP contribution in [0.5, 0.6) is 0 Å². The van der Waals surface area contributed by atoms with Crippen molar-refractivity contribution in [2.24, 2.45) is 10.7 Å². The molecule has 0 fully saturated rings. The molecule has 0 aliphatic heterocycles. The zero-order valence-corrected chi connectivity index (χ0v) is 16.1. The van der Waals surface area contributed by atoms with Gasteiger partial charge in [-0.05, 0) is 24.3 Å². The molecule has 0 aliphatic carbocycles. The lowest BCUT2D eigenvalue weighted by molar-refractivity contribution is -0.384. The summed E-state index contributed by atoms with van der Waals surface area (Å²) < 4.78 is 30.3. The predicted octanol–water partition coefficient (Wildman–Crippen LogP) is 1.95. The van der Waals surface area contributed by atoms with Gasteiger partial charge in [0.1, 0.15) is 11.5 Å². The number of nitro groups is 1. The summed E-state index contributed by atoms with van der Waals surface area (Å²) in [5.41, 5.74) is 5.38. The Hall–Kier alpha value is -2.38. The number of nitrogens with two attached hydrogens (primary N) is 1. The van der Waals surface area contributed by atoms with Crippen molar-refractivity contribution in [3.8, 4) is 0 Å². The van der Waals surface area contributed by atoms with Crippen molar-refractivity contribution in [2.45, 2.75) is 18.2 Å². The Labute approximate surface area is 160 Å². The molecule has 13 heteroatoms. The molecule has 0 unspecified atom stereocenters. The van der Waals surface area contributed by atoms with E-state index in [1.54, 1.807) is 6.07 Å². The number of rotatable bonds is 10. The first-order chi connectivity index (χ1) is 12.5. The van der Waals surface area contributed by atoms with Gasteiger partial charge in [0.05, 0.1) is 17.2 Å². The SMILES string of the molecule is CCCSc1ccc([N+](=O)[O-])c(N=C(N)CN(CCS(=O)(=O)O)C(=O)O)c1. The summed E-state index contributed by atoms with van der Waals surface area (Å²) in [7, 11) is -4.36. The summed E-state index contributed by atoms with van der Waals surface area (Å²) in [4.78, 5) is 27.0. The fraction of sp³-hybridized carbons (Fsp3) is 0.429. The van der Waals surface area contributed by atoms with E-state index in [9.17, 15) is 23.3 Å². The lowest BCUT2D eigenvalue weighted by Crippen LogP contribution is -2.40. The minimum atomic E-state index is -4.36. The first-order valence-corrected chi connectivity index (χ1v) is 10.3. The number of carboxylic acid groups (broad SMARTS) is 1. The van der Waals surface area contributed by atoms with Crippen LogP contribution in [0.15, 0.2) is 28.1 Å². The van der Waals surface area contributed by atoms with E-state index >= 15 is 0 Å². The van der Waals surface area contributed by atoms with E-state index in [-0.39, 0.29) is 17.2 Å². The van der Waals surface area contributed by atoms with Gasteiger partial charge in [0, 0.05) is 17.5 Å². The molecule has 0 radical (unpaired) electrons. The molecule has 0 aromatic heterocycles.